The lowest BCUT2D eigenvalue weighted by molar-refractivity contribution is 0.0870. The van der Waals surface area contributed by atoms with Crippen molar-refractivity contribution in [1.82, 2.24) is 0 Å². The molecule has 15 heavy (non-hydrogen) atoms. The highest BCUT2D eigenvalue weighted by molar-refractivity contribution is 9.10. The van der Waals surface area contributed by atoms with Gasteiger partial charge in [0.05, 0.1) is 17.7 Å². The van der Waals surface area contributed by atoms with Gasteiger partial charge in [0.2, 0.25) is 0 Å². The van der Waals surface area contributed by atoms with Crippen molar-refractivity contribution in [2.75, 3.05) is 18.5 Å². The molecule has 1 rings (SSSR count). The van der Waals surface area contributed by atoms with Crippen molar-refractivity contribution in [3.8, 4) is 0 Å². The van der Waals surface area contributed by atoms with E-state index in [0.717, 1.165) is 16.7 Å². The molecule has 0 bridgehead atoms. The van der Waals surface area contributed by atoms with Crippen molar-refractivity contribution >= 4 is 33.2 Å². The molecule has 1 aromatic carbocycles. The van der Waals surface area contributed by atoms with Crippen LogP contribution in [0.15, 0.2) is 22.7 Å². The summed E-state index contributed by atoms with van der Waals surface area (Å²) in [6, 6.07) is 5.79. The Morgan fingerprint density at radius 3 is 2.80 bits per heavy atom. The number of halogens is 2. The van der Waals surface area contributed by atoms with Gasteiger partial charge in [0.15, 0.2) is 0 Å². The highest BCUT2D eigenvalue weighted by Crippen LogP contribution is 2.25. The quantitative estimate of drug-likeness (QED) is 0.830. The van der Waals surface area contributed by atoms with Crippen molar-refractivity contribution in [3.05, 3.63) is 27.7 Å². The summed E-state index contributed by atoms with van der Waals surface area (Å²) in [5.41, 5.74) is 1.01. The predicted octanol–water partition coefficient (Wildman–Crippen LogP) is 3.94. The second-order valence-corrected chi connectivity index (χ2v) is 4.74. The number of hydrogen-bond acceptors (Lipinski definition) is 2. The van der Waals surface area contributed by atoms with Crippen LogP contribution in [0.25, 0.3) is 0 Å². The monoisotopic (exact) mass is 291 g/mol. The van der Waals surface area contributed by atoms with Crippen LogP contribution in [0.4, 0.5) is 5.69 Å². The maximum atomic E-state index is 5.96. The molecule has 0 aliphatic heterocycles. The molecule has 0 aliphatic carbocycles. The van der Waals surface area contributed by atoms with Crippen LogP contribution in [-0.4, -0.2) is 19.3 Å². The summed E-state index contributed by atoms with van der Waals surface area (Å²) in [7, 11) is 0. The summed E-state index contributed by atoms with van der Waals surface area (Å²) in [5.74, 6) is 0. The van der Waals surface area contributed by atoms with Crippen LogP contribution >= 0.6 is 27.5 Å². The molecule has 0 heterocycles. The molecule has 0 saturated heterocycles. The Morgan fingerprint density at radius 2 is 2.20 bits per heavy atom. The molecule has 0 aliphatic rings. The van der Waals surface area contributed by atoms with E-state index in [1.165, 1.54) is 0 Å². The molecule has 0 spiro atoms. The second kappa shape index (κ2) is 6.36. The number of ether oxygens (including phenoxy) is 1. The van der Waals surface area contributed by atoms with Gasteiger partial charge in [0, 0.05) is 16.7 Å². The molecular formula is C11H15BrClNO. The summed E-state index contributed by atoms with van der Waals surface area (Å²) in [5, 5.41) is 3.95. The van der Waals surface area contributed by atoms with E-state index in [1.807, 2.05) is 32.0 Å². The van der Waals surface area contributed by atoms with Gasteiger partial charge in [-0.1, -0.05) is 11.6 Å². The van der Waals surface area contributed by atoms with Crippen molar-refractivity contribution in [2.24, 2.45) is 0 Å². The number of benzene rings is 1. The molecule has 1 N–H and O–H groups in total. The molecule has 0 unspecified atom stereocenters. The van der Waals surface area contributed by atoms with Gasteiger partial charge in [-0.2, -0.15) is 0 Å². The van der Waals surface area contributed by atoms with Gasteiger partial charge < -0.3 is 10.1 Å². The molecule has 0 saturated carbocycles. The average molecular weight is 293 g/mol. The summed E-state index contributed by atoms with van der Waals surface area (Å²) in [6.07, 6.45) is 0.278. The first kappa shape index (κ1) is 12.8. The maximum Gasteiger partial charge on any atom is 0.0642 e. The van der Waals surface area contributed by atoms with E-state index >= 15 is 0 Å². The number of nitrogens with one attached hydrogen (secondary N) is 1. The lowest BCUT2D eigenvalue weighted by atomic mass is 10.3. The molecule has 2 nitrogen and oxygen atoms in total. The topological polar surface area (TPSA) is 21.3 Å². The third-order valence-electron chi connectivity index (χ3n) is 1.80. The molecule has 0 fully saturated rings. The Morgan fingerprint density at radius 1 is 1.47 bits per heavy atom. The summed E-state index contributed by atoms with van der Waals surface area (Å²) < 4.78 is 6.32. The fourth-order valence-corrected chi connectivity index (χ4v) is 1.52. The van der Waals surface area contributed by atoms with E-state index in [9.17, 15) is 0 Å². The van der Waals surface area contributed by atoms with Crippen LogP contribution < -0.4 is 5.32 Å². The molecule has 0 aromatic heterocycles. The van der Waals surface area contributed by atoms with Gasteiger partial charge in [0.1, 0.15) is 0 Å². The Balaban J connectivity index is 2.35. The fourth-order valence-electron chi connectivity index (χ4n) is 1.10. The molecule has 0 atom stereocenters. The SMILES string of the molecule is CC(C)OCCNc1ccc(Br)c(Cl)c1. The molecular weight excluding hydrogens is 277 g/mol. The highest BCUT2D eigenvalue weighted by atomic mass is 79.9. The Hall–Kier alpha value is -0.250. The zero-order valence-corrected chi connectivity index (χ0v) is 11.2. The molecule has 0 amide bonds. The molecule has 4 heteroatoms. The molecule has 0 radical (unpaired) electrons. The van der Waals surface area contributed by atoms with E-state index < -0.39 is 0 Å². The smallest absolute Gasteiger partial charge is 0.0642 e. The van der Waals surface area contributed by atoms with Gasteiger partial charge in [-0.05, 0) is 48.0 Å². The minimum Gasteiger partial charge on any atom is -0.383 e. The Labute approximate surface area is 104 Å². The number of rotatable bonds is 5. The third-order valence-corrected chi connectivity index (χ3v) is 3.03. The number of anilines is 1. The number of hydrogen-bond donors (Lipinski definition) is 1. The van der Waals surface area contributed by atoms with E-state index in [0.29, 0.717) is 11.6 Å². The maximum absolute atomic E-state index is 5.96. The van der Waals surface area contributed by atoms with Crippen LogP contribution in [0, 0.1) is 0 Å². The first-order valence-electron chi connectivity index (χ1n) is 4.90. The van der Waals surface area contributed by atoms with Gasteiger partial charge in [0.25, 0.3) is 0 Å². The van der Waals surface area contributed by atoms with Gasteiger partial charge >= 0.3 is 0 Å². The minimum atomic E-state index is 0.278. The van der Waals surface area contributed by atoms with E-state index in [4.69, 9.17) is 16.3 Å². The summed E-state index contributed by atoms with van der Waals surface area (Å²) >= 11 is 9.30. The summed E-state index contributed by atoms with van der Waals surface area (Å²) in [4.78, 5) is 0. The highest BCUT2D eigenvalue weighted by Gasteiger charge is 1.98. The van der Waals surface area contributed by atoms with E-state index in [2.05, 4.69) is 21.2 Å². The van der Waals surface area contributed by atoms with Crippen molar-refractivity contribution in [2.45, 2.75) is 20.0 Å². The normalized spacial score (nSPS) is 10.7. The van der Waals surface area contributed by atoms with Crippen LogP contribution in [0.2, 0.25) is 5.02 Å². The predicted molar refractivity (Wildman–Crippen MR) is 68.7 cm³/mol. The lowest BCUT2D eigenvalue weighted by Gasteiger charge is -2.10. The standard InChI is InChI=1S/C11H15BrClNO/c1-8(2)15-6-5-14-9-3-4-10(12)11(13)7-9/h3-4,7-8,14H,5-6H2,1-2H3. The van der Waals surface area contributed by atoms with Crippen molar-refractivity contribution < 1.29 is 4.74 Å². The minimum absolute atomic E-state index is 0.278. The van der Waals surface area contributed by atoms with Gasteiger partial charge in [-0.3, -0.25) is 0 Å². The second-order valence-electron chi connectivity index (χ2n) is 3.48. The van der Waals surface area contributed by atoms with Crippen LogP contribution in [0.3, 0.4) is 0 Å². The molecule has 84 valence electrons. The van der Waals surface area contributed by atoms with E-state index in [1.54, 1.807) is 0 Å². The van der Waals surface area contributed by atoms with Gasteiger partial charge in [-0.15, -0.1) is 0 Å². The van der Waals surface area contributed by atoms with Crippen molar-refractivity contribution in [3.63, 3.8) is 0 Å². The molecule has 1 aromatic rings. The van der Waals surface area contributed by atoms with Crippen LogP contribution in [0.1, 0.15) is 13.8 Å². The lowest BCUT2D eigenvalue weighted by Crippen LogP contribution is -2.13. The Bertz CT molecular complexity index is 317. The van der Waals surface area contributed by atoms with Crippen molar-refractivity contribution in [1.29, 1.82) is 0 Å². The van der Waals surface area contributed by atoms with Gasteiger partial charge in [-0.25, -0.2) is 0 Å². The summed E-state index contributed by atoms with van der Waals surface area (Å²) in [6.45, 7) is 5.54. The largest absolute Gasteiger partial charge is 0.383 e. The average Bonchev–Trinajstić information content (AvgIpc) is 2.18. The zero-order chi connectivity index (χ0) is 11.3. The third kappa shape index (κ3) is 4.87. The Kier molecular flexibility index (Phi) is 5.43. The zero-order valence-electron chi connectivity index (χ0n) is 8.89. The van der Waals surface area contributed by atoms with E-state index in [-0.39, 0.29) is 6.10 Å². The first-order chi connectivity index (χ1) is 7.09. The first-order valence-corrected chi connectivity index (χ1v) is 6.07. The fraction of sp³-hybridized carbons (Fsp3) is 0.455. The van der Waals surface area contributed by atoms with Crippen LogP contribution in [0.5, 0.6) is 0 Å². The van der Waals surface area contributed by atoms with Crippen LogP contribution in [-0.2, 0) is 4.74 Å².